The van der Waals surface area contributed by atoms with Crippen LogP contribution in [0.3, 0.4) is 0 Å². The summed E-state index contributed by atoms with van der Waals surface area (Å²) in [6.07, 6.45) is 0.0945. The summed E-state index contributed by atoms with van der Waals surface area (Å²) >= 11 is 0. The van der Waals surface area contributed by atoms with Gasteiger partial charge >= 0.3 is 5.97 Å². The molecule has 3 aliphatic heterocycles. The summed E-state index contributed by atoms with van der Waals surface area (Å²) in [6, 6.07) is 5.41. The number of aliphatic hydroxyl groups is 1. The van der Waals surface area contributed by atoms with E-state index in [4.69, 9.17) is 24.9 Å². The molecule has 1 atom stereocenters. The molecule has 1 aromatic carbocycles. The number of benzene rings is 1. The topological polar surface area (TPSA) is 126 Å². The highest BCUT2D eigenvalue weighted by molar-refractivity contribution is 5.91. The normalized spacial score (nSPS) is 20.5. The zero-order valence-electron chi connectivity index (χ0n) is 17.4. The molecular formula is C23H21N3O6. The van der Waals surface area contributed by atoms with Crippen LogP contribution in [0.2, 0.25) is 0 Å². The minimum Gasteiger partial charge on any atom is -0.486 e. The van der Waals surface area contributed by atoms with Gasteiger partial charge < -0.3 is 29.6 Å². The lowest BCUT2D eigenvalue weighted by atomic mass is 9.86. The molecule has 2 aromatic heterocycles. The Labute approximate surface area is 182 Å². The Hall–Kier alpha value is -3.43. The molecular weight excluding hydrogens is 414 g/mol. The van der Waals surface area contributed by atoms with Crippen molar-refractivity contribution in [2.24, 2.45) is 5.73 Å². The molecule has 9 nitrogen and oxygen atoms in total. The first-order valence-corrected chi connectivity index (χ1v) is 10.6. The molecule has 32 heavy (non-hydrogen) atoms. The number of aromatic nitrogens is 2. The molecule has 5 heterocycles. The smallest absolute Gasteiger partial charge is 0.343 e. The van der Waals surface area contributed by atoms with Gasteiger partial charge in [-0.3, -0.25) is 4.79 Å². The maximum Gasteiger partial charge on any atom is 0.343 e. The summed E-state index contributed by atoms with van der Waals surface area (Å²) in [5.41, 5.74) is 8.15. The third kappa shape index (κ3) is 2.37. The van der Waals surface area contributed by atoms with E-state index in [0.29, 0.717) is 59.3 Å². The van der Waals surface area contributed by atoms with E-state index in [1.54, 1.807) is 17.6 Å². The van der Waals surface area contributed by atoms with Crippen molar-refractivity contribution in [1.29, 1.82) is 0 Å². The van der Waals surface area contributed by atoms with Crippen molar-refractivity contribution < 1.29 is 24.1 Å². The maximum absolute atomic E-state index is 13.3. The lowest BCUT2D eigenvalue weighted by Crippen LogP contribution is -2.44. The van der Waals surface area contributed by atoms with E-state index in [1.807, 2.05) is 12.1 Å². The van der Waals surface area contributed by atoms with Gasteiger partial charge in [0.15, 0.2) is 17.1 Å². The van der Waals surface area contributed by atoms with Gasteiger partial charge in [0, 0.05) is 29.1 Å². The van der Waals surface area contributed by atoms with Gasteiger partial charge in [0.05, 0.1) is 29.0 Å². The second-order valence-corrected chi connectivity index (χ2v) is 8.24. The Bertz CT molecular complexity index is 1400. The molecule has 0 saturated carbocycles. The number of nitrogens with two attached hydrogens (primary N) is 1. The van der Waals surface area contributed by atoms with Gasteiger partial charge in [-0.05, 0) is 24.1 Å². The predicted molar refractivity (Wildman–Crippen MR) is 113 cm³/mol. The van der Waals surface area contributed by atoms with Crippen LogP contribution >= 0.6 is 0 Å². The number of nitrogens with zero attached hydrogens (tertiary/aromatic N) is 2. The molecule has 0 saturated heterocycles. The summed E-state index contributed by atoms with van der Waals surface area (Å²) in [5.74, 6) is 0.517. The van der Waals surface area contributed by atoms with Gasteiger partial charge in [0.25, 0.3) is 5.56 Å². The summed E-state index contributed by atoms with van der Waals surface area (Å²) in [4.78, 5) is 30.5. The van der Waals surface area contributed by atoms with Gasteiger partial charge in [-0.15, -0.1) is 0 Å². The molecule has 3 N–H and O–H groups in total. The number of esters is 1. The Kier molecular flexibility index (Phi) is 3.94. The van der Waals surface area contributed by atoms with Gasteiger partial charge in [-0.1, -0.05) is 6.92 Å². The number of cyclic esters (lactones) is 1. The minimum absolute atomic E-state index is 0.0945. The van der Waals surface area contributed by atoms with Crippen LogP contribution < -0.4 is 20.8 Å². The first-order chi connectivity index (χ1) is 15.5. The van der Waals surface area contributed by atoms with E-state index in [9.17, 15) is 14.7 Å². The van der Waals surface area contributed by atoms with E-state index in [-0.39, 0.29) is 25.1 Å². The predicted octanol–water partition coefficient (Wildman–Crippen LogP) is 1.31. The largest absolute Gasteiger partial charge is 0.486 e. The van der Waals surface area contributed by atoms with Crippen LogP contribution in [0.1, 0.15) is 35.6 Å². The van der Waals surface area contributed by atoms with Crippen molar-refractivity contribution in [3.63, 3.8) is 0 Å². The zero-order valence-corrected chi connectivity index (χ0v) is 17.4. The molecule has 164 valence electrons. The minimum atomic E-state index is -1.86. The average molecular weight is 435 g/mol. The van der Waals surface area contributed by atoms with Crippen LogP contribution in [0.15, 0.2) is 23.0 Å². The SMILES string of the molecule is CCC1(O)C(=O)OCc2c1cc1n(c2=O)Cc2c-1nc1cc3c(cc1c2CN)OCCO3. The summed E-state index contributed by atoms with van der Waals surface area (Å²) in [6.45, 7) is 3.01. The van der Waals surface area contributed by atoms with Gasteiger partial charge in [0.1, 0.15) is 19.8 Å². The van der Waals surface area contributed by atoms with E-state index in [1.165, 1.54) is 0 Å². The average Bonchev–Trinajstić information content (AvgIpc) is 3.17. The Morgan fingerprint density at radius 1 is 1.12 bits per heavy atom. The van der Waals surface area contributed by atoms with E-state index >= 15 is 0 Å². The van der Waals surface area contributed by atoms with Gasteiger partial charge in [-0.25, -0.2) is 9.78 Å². The molecule has 3 aromatic rings. The monoisotopic (exact) mass is 435 g/mol. The lowest BCUT2D eigenvalue weighted by molar-refractivity contribution is -0.172. The van der Waals surface area contributed by atoms with Crippen LogP contribution in [-0.2, 0) is 34.8 Å². The van der Waals surface area contributed by atoms with Crippen LogP contribution in [0.4, 0.5) is 0 Å². The fourth-order valence-corrected chi connectivity index (χ4v) is 4.93. The third-order valence-corrected chi connectivity index (χ3v) is 6.67. The number of hydrogen-bond acceptors (Lipinski definition) is 8. The highest BCUT2D eigenvalue weighted by Gasteiger charge is 2.45. The van der Waals surface area contributed by atoms with E-state index < -0.39 is 11.6 Å². The van der Waals surface area contributed by atoms with Crippen molar-refractivity contribution in [2.75, 3.05) is 13.2 Å². The van der Waals surface area contributed by atoms with Crippen LogP contribution in [0, 0.1) is 0 Å². The highest BCUT2D eigenvalue weighted by Crippen LogP contribution is 2.42. The summed E-state index contributed by atoms with van der Waals surface area (Å²) < 4.78 is 18.2. The molecule has 6 rings (SSSR count). The molecule has 3 aliphatic rings. The maximum atomic E-state index is 13.3. The van der Waals surface area contributed by atoms with Crippen molar-refractivity contribution >= 4 is 16.9 Å². The number of fused-ring (bicyclic) bond motifs is 6. The van der Waals surface area contributed by atoms with Gasteiger partial charge in [0.2, 0.25) is 0 Å². The van der Waals surface area contributed by atoms with E-state index in [0.717, 1.165) is 16.5 Å². The standard InChI is InChI=1S/C23H21N3O6/c1-2-23(29)15-6-17-20-13(9-26(17)21(27)14(15)10-32-22(23)28)12(8-24)11-5-18-19(7-16(11)25-20)31-4-3-30-18/h5-7,29H,2-4,8-10,24H2,1H3. The first-order valence-electron chi connectivity index (χ1n) is 10.6. The fraction of sp³-hybridized carbons (Fsp3) is 0.348. The van der Waals surface area contributed by atoms with Crippen molar-refractivity contribution in [1.82, 2.24) is 9.55 Å². The number of hydrogen-bond donors (Lipinski definition) is 2. The highest BCUT2D eigenvalue weighted by atomic mass is 16.6. The second kappa shape index (κ2) is 6.54. The van der Waals surface area contributed by atoms with Gasteiger partial charge in [-0.2, -0.15) is 0 Å². The van der Waals surface area contributed by atoms with Crippen LogP contribution in [0.5, 0.6) is 11.5 Å². The molecule has 0 aliphatic carbocycles. The fourth-order valence-electron chi connectivity index (χ4n) is 4.93. The number of carbonyl (C=O) groups is 1. The van der Waals surface area contributed by atoms with Crippen LogP contribution in [-0.4, -0.2) is 33.8 Å². The molecule has 0 spiro atoms. The van der Waals surface area contributed by atoms with Crippen molar-refractivity contribution in [2.45, 2.75) is 38.6 Å². The first kappa shape index (κ1) is 19.3. The Morgan fingerprint density at radius 2 is 1.88 bits per heavy atom. The number of carbonyl (C=O) groups excluding carboxylic acids is 1. The van der Waals surface area contributed by atoms with Crippen molar-refractivity contribution in [3.8, 4) is 22.9 Å². The van der Waals surface area contributed by atoms with E-state index in [2.05, 4.69) is 0 Å². The third-order valence-electron chi connectivity index (χ3n) is 6.67. The second-order valence-electron chi connectivity index (χ2n) is 8.24. The van der Waals surface area contributed by atoms with Crippen LogP contribution in [0.25, 0.3) is 22.3 Å². The zero-order chi connectivity index (χ0) is 22.2. The molecule has 1 unspecified atom stereocenters. The number of pyridine rings is 2. The molecule has 0 amide bonds. The molecule has 0 bridgehead atoms. The quantitative estimate of drug-likeness (QED) is 0.452. The summed E-state index contributed by atoms with van der Waals surface area (Å²) in [5, 5.41) is 11.9. The lowest BCUT2D eigenvalue weighted by Gasteiger charge is -2.31. The number of rotatable bonds is 2. The Morgan fingerprint density at radius 3 is 2.59 bits per heavy atom. The van der Waals surface area contributed by atoms with Crippen molar-refractivity contribution in [3.05, 3.63) is 50.8 Å². The molecule has 9 heteroatoms. The molecule has 0 radical (unpaired) electrons. The number of ether oxygens (including phenoxy) is 3. The molecule has 0 fully saturated rings. The summed E-state index contributed by atoms with van der Waals surface area (Å²) in [7, 11) is 0. The Balaban J connectivity index is 1.64.